The summed E-state index contributed by atoms with van der Waals surface area (Å²) in [6.07, 6.45) is 1.26. The van der Waals surface area contributed by atoms with E-state index in [1.165, 1.54) is 11.1 Å². The van der Waals surface area contributed by atoms with Crippen molar-refractivity contribution in [2.75, 3.05) is 11.9 Å². The van der Waals surface area contributed by atoms with Crippen molar-refractivity contribution in [3.8, 4) is 0 Å². The van der Waals surface area contributed by atoms with Crippen molar-refractivity contribution in [2.45, 2.75) is 26.9 Å². The lowest BCUT2D eigenvalue weighted by Crippen LogP contribution is -2.12. The third kappa shape index (κ3) is 3.12. The zero-order chi connectivity index (χ0) is 14.0. The molecule has 3 heteroatoms. The summed E-state index contributed by atoms with van der Waals surface area (Å²) in [4.78, 5) is 6.41. The first-order valence-electron chi connectivity index (χ1n) is 6.43. The molecular formula is C16H20N2O. The second-order valence-electron chi connectivity index (χ2n) is 5.03. The minimum atomic E-state index is -0.477. The number of hydrogen-bond donors (Lipinski definition) is 1. The Labute approximate surface area is 114 Å². The molecule has 0 saturated heterocycles. The second kappa shape index (κ2) is 5.41. The van der Waals surface area contributed by atoms with E-state index >= 15 is 0 Å². The Balaban J connectivity index is 2.38. The van der Waals surface area contributed by atoms with Crippen LogP contribution in [0.2, 0.25) is 0 Å². The van der Waals surface area contributed by atoms with Gasteiger partial charge < -0.3 is 10.0 Å². The highest BCUT2D eigenvalue weighted by molar-refractivity contribution is 5.61. The highest BCUT2D eigenvalue weighted by Gasteiger charge is 2.09. The van der Waals surface area contributed by atoms with Crippen LogP contribution in [0.3, 0.4) is 0 Å². The lowest BCUT2D eigenvalue weighted by atomic mass is 10.1. The van der Waals surface area contributed by atoms with Gasteiger partial charge in [0.1, 0.15) is 5.82 Å². The molecule has 0 fully saturated rings. The van der Waals surface area contributed by atoms with Gasteiger partial charge in [0.25, 0.3) is 0 Å². The molecule has 100 valence electrons. The van der Waals surface area contributed by atoms with Gasteiger partial charge in [0.15, 0.2) is 0 Å². The zero-order valence-electron chi connectivity index (χ0n) is 11.9. The summed E-state index contributed by atoms with van der Waals surface area (Å²) in [6, 6.07) is 10.2. The average Bonchev–Trinajstić information content (AvgIpc) is 2.37. The third-order valence-corrected chi connectivity index (χ3v) is 3.19. The van der Waals surface area contributed by atoms with Crippen molar-refractivity contribution in [2.24, 2.45) is 0 Å². The number of rotatable bonds is 3. The molecule has 0 amide bonds. The summed E-state index contributed by atoms with van der Waals surface area (Å²) in [6.45, 7) is 5.93. The van der Waals surface area contributed by atoms with Crippen LogP contribution in [-0.2, 0) is 0 Å². The first kappa shape index (κ1) is 13.6. The normalized spacial score (nSPS) is 12.3. The molecule has 1 aromatic carbocycles. The summed E-state index contributed by atoms with van der Waals surface area (Å²) in [5, 5.41) is 9.64. The van der Waals surface area contributed by atoms with E-state index in [2.05, 4.69) is 37.0 Å². The van der Waals surface area contributed by atoms with E-state index in [1.54, 1.807) is 13.1 Å². The van der Waals surface area contributed by atoms with Crippen molar-refractivity contribution in [3.63, 3.8) is 0 Å². The van der Waals surface area contributed by atoms with Crippen LogP contribution in [0.4, 0.5) is 11.5 Å². The second-order valence-corrected chi connectivity index (χ2v) is 5.03. The standard InChI is InChI=1S/C16H20N2O/c1-11-7-12(2)9-15(8-11)18(4)16-10-14(13(3)19)5-6-17-16/h5-10,13,19H,1-4H3/t13-/m0/s1. The molecule has 19 heavy (non-hydrogen) atoms. The lowest BCUT2D eigenvalue weighted by Gasteiger charge is -2.20. The van der Waals surface area contributed by atoms with Crippen LogP contribution < -0.4 is 4.90 Å². The summed E-state index contributed by atoms with van der Waals surface area (Å²) in [5.41, 5.74) is 4.44. The fraction of sp³-hybridized carbons (Fsp3) is 0.312. The first-order chi connectivity index (χ1) is 8.97. The predicted octanol–water partition coefficient (Wildman–Crippen LogP) is 3.52. The van der Waals surface area contributed by atoms with E-state index in [4.69, 9.17) is 0 Å². The molecule has 1 aromatic heterocycles. The van der Waals surface area contributed by atoms with Crippen LogP contribution in [-0.4, -0.2) is 17.1 Å². The van der Waals surface area contributed by atoms with Gasteiger partial charge in [0.2, 0.25) is 0 Å². The molecule has 0 bridgehead atoms. The molecule has 0 aliphatic rings. The number of hydrogen-bond acceptors (Lipinski definition) is 3. The van der Waals surface area contributed by atoms with Crippen molar-refractivity contribution in [1.29, 1.82) is 0 Å². The van der Waals surface area contributed by atoms with E-state index in [1.807, 2.05) is 24.1 Å². The molecule has 2 aromatic rings. The molecule has 0 spiro atoms. The number of aliphatic hydroxyl groups is 1. The molecule has 1 N–H and O–H groups in total. The van der Waals surface area contributed by atoms with Gasteiger partial charge in [-0.2, -0.15) is 0 Å². The summed E-state index contributed by atoms with van der Waals surface area (Å²) in [7, 11) is 1.99. The van der Waals surface area contributed by atoms with E-state index < -0.39 is 6.10 Å². The van der Waals surface area contributed by atoms with E-state index in [0.29, 0.717) is 0 Å². The van der Waals surface area contributed by atoms with Crippen molar-refractivity contribution >= 4 is 11.5 Å². The largest absolute Gasteiger partial charge is 0.389 e. The number of aromatic nitrogens is 1. The van der Waals surface area contributed by atoms with Crippen molar-refractivity contribution in [3.05, 3.63) is 53.2 Å². The average molecular weight is 256 g/mol. The molecule has 2 rings (SSSR count). The van der Waals surface area contributed by atoms with Crippen LogP contribution in [0, 0.1) is 13.8 Å². The van der Waals surface area contributed by atoms with Crippen LogP contribution in [0.5, 0.6) is 0 Å². The Morgan fingerprint density at radius 3 is 2.32 bits per heavy atom. The van der Waals surface area contributed by atoms with Gasteiger partial charge in [-0.3, -0.25) is 0 Å². The molecular weight excluding hydrogens is 236 g/mol. The highest BCUT2D eigenvalue weighted by Crippen LogP contribution is 2.25. The van der Waals surface area contributed by atoms with E-state index in [9.17, 15) is 5.11 Å². The Morgan fingerprint density at radius 2 is 1.74 bits per heavy atom. The van der Waals surface area contributed by atoms with Crippen molar-refractivity contribution in [1.82, 2.24) is 4.98 Å². The maximum absolute atomic E-state index is 9.64. The van der Waals surface area contributed by atoms with Gasteiger partial charge in [-0.25, -0.2) is 4.98 Å². The number of aryl methyl sites for hydroxylation is 2. The smallest absolute Gasteiger partial charge is 0.133 e. The number of anilines is 2. The van der Waals surface area contributed by atoms with Gasteiger partial charge in [-0.1, -0.05) is 6.07 Å². The maximum atomic E-state index is 9.64. The first-order valence-corrected chi connectivity index (χ1v) is 6.43. The molecule has 1 atom stereocenters. The third-order valence-electron chi connectivity index (χ3n) is 3.19. The SMILES string of the molecule is Cc1cc(C)cc(N(C)c2cc([C@H](C)O)ccn2)c1. The van der Waals surface area contributed by atoms with Gasteiger partial charge in [-0.15, -0.1) is 0 Å². The number of benzene rings is 1. The van der Waals surface area contributed by atoms with Gasteiger partial charge in [0.05, 0.1) is 6.10 Å². The molecule has 0 aliphatic carbocycles. The van der Waals surface area contributed by atoms with Crippen molar-refractivity contribution < 1.29 is 5.11 Å². The highest BCUT2D eigenvalue weighted by atomic mass is 16.3. The molecule has 1 heterocycles. The molecule has 0 radical (unpaired) electrons. The number of pyridine rings is 1. The Morgan fingerprint density at radius 1 is 1.11 bits per heavy atom. The number of aliphatic hydroxyl groups excluding tert-OH is 1. The predicted molar refractivity (Wildman–Crippen MR) is 78.8 cm³/mol. The summed E-state index contributed by atoms with van der Waals surface area (Å²) in [5.74, 6) is 0.836. The quantitative estimate of drug-likeness (QED) is 0.912. The molecule has 0 aliphatic heterocycles. The fourth-order valence-electron chi connectivity index (χ4n) is 2.15. The Hall–Kier alpha value is -1.87. The van der Waals surface area contributed by atoms with Crippen LogP contribution in [0.25, 0.3) is 0 Å². The molecule has 0 saturated carbocycles. The van der Waals surface area contributed by atoms with E-state index in [0.717, 1.165) is 17.1 Å². The van der Waals surface area contributed by atoms with Gasteiger partial charge in [-0.05, 0) is 61.7 Å². The minimum Gasteiger partial charge on any atom is -0.389 e. The van der Waals surface area contributed by atoms with Gasteiger partial charge in [0, 0.05) is 18.9 Å². The summed E-state index contributed by atoms with van der Waals surface area (Å²) >= 11 is 0. The molecule has 0 unspecified atom stereocenters. The Kier molecular flexibility index (Phi) is 3.86. The lowest BCUT2D eigenvalue weighted by molar-refractivity contribution is 0.199. The van der Waals surface area contributed by atoms with Crippen LogP contribution in [0.1, 0.15) is 29.7 Å². The Bertz CT molecular complexity index is 558. The maximum Gasteiger partial charge on any atom is 0.133 e. The minimum absolute atomic E-state index is 0.477. The molecule has 3 nitrogen and oxygen atoms in total. The van der Waals surface area contributed by atoms with Crippen LogP contribution in [0.15, 0.2) is 36.5 Å². The number of nitrogens with zero attached hydrogens (tertiary/aromatic N) is 2. The van der Waals surface area contributed by atoms with Gasteiger partial charge >= 0.3 is 0 Å². The zero-order valence-corrected chi connectivity index (χ0v) is 11.9. The topological polar surface area (TPSA) is 36.4 Å². The van der Waals surface area contributed by atoms with E-state index in [-0.39, 0.29) is 0 Å². The van der Waals surface area contributed by atoms with Crippen LogP contribution >= 0.6 is 0 Å². The fourth-order valence-corrected chi connectivity index (χ4v) is 2.15. The monoisotopic (exact) mass is 256 g/mol. The summed E-state index contributed by atoms with van der Waals surface area (Å²) < 4.78 is 0.